The summed E-state index contributed by atoms with van der Waals surface area (Å²) in [6.07, 6.45) is 0. The number of anilines is 2. The first-order chi connectivity index (χ1) is 6.56. The minimum atomic E-state index is 0.461. The Morgan fingerprint density at radius 3 is 2.50 bits per heavy atom. The molecular weight excluding hydrogens is 176 g/mol. The van der Waals surface area contributed by atoms with Gasteiger partial charge >= 0.3 is 0 Å². The van der Waals surface area contributed by atoms with Crippen molar-refractivity contribution in [1.82, 2.24) is 0 Å². The molecule has 1 rings (SSSR count). The molecule has 2 N–H and O–H groups in total. The molecule has 0 spiro atoms. The summed E-state index contributed by atoms with van der Waals surface area (Å²) >= 11 is 0. The second-order valence-corrected chi connectivity index (χ2v) is 3.63. The van der Waals surface area contributed by atoms with Gasteiger partial charge in [0.05, 0.1) is 12.8 Å². The number of hydrogen-bond acceptors (Lipinski definition) is 3. The van der Waals surface area contributed by atoms with E-state index in [9.17, 15) is 0 Å². The lowest BCUT2D eigenvalue weighted by molar-refractivity contribution is 0.417. The van der Waals surface area contributed by atoms with Crippen LogP contribution < -0.4 is 15.4 Å². The van der Waals surface area contributed by atoms with Gasteiger partial charge in [-0.25, -0.2) is 0 Å². The highest BCUT2D eigenvalue weighted by atomic mass is 16.5. The zero-order chi connectivity index (χ0) is 10.7. The highest BCUT2D eigenvalue weighted by Gasteiger charge is 2.07. The minimum Gasteiger partial charge on any atom is -0.495 e. The number of ether oxygens (including phenoxy) is 1. The summed E-state index contributed by atoms with van der Waals surface area (Å²) < 4.78 is 5.16. The summed E-state index contributed by atoms with van der Waals surface area (Å²) in [5.74, 6) is 0.731. The van der Waals surface area contributed by atoms with Crippen LogP contribution in [0.3, 0.4) is 0 Å². The fourth-order valence-electron chi connectivity index (χ4n) is 1.22. The summed E-state index contributed by atoms with van der Waals surface area (Å²) in [5.41, 5.74) is 7.52. The van der Waals surface area contributed by atoms with E-state index < -0.39 is 0 Å². The van der Waals surface area contributed by atoms with Crippen molar-refractivity contribution in [2.24, 2.45) is 0 Å². The van der Waals surface area contributed by atoms with Crippen LogP contribution in [0.4, 0.5) is 11.4 Å². The Kier molecular flexibility index (Phi) is 3.23. The van der Waals surface area contributed by atoms with E-state index in [1.54, 1.807) is 7.11 Å². The monoisotopic (exact) mass is 194 g/mol. The molecule has 0 saturated carbocycles. The predicted molar refractivity (Wildman–Crippen MR) is 60.9 cm³/mol. The number of nitrogens with zero attached hydrogens (tertiary/aromatic N) is 1. The van der Waals surface area contributed by atoms with Crippen LogP contribution in [0.2, 0.25) is 0 Å². The molecule has 3 nitrogen and oxygen atoms in total. The summed E-state index contributed by atoms with van der Waals surface area (Å²) in [5, 5.41) is 0. The van der Waals surface area contributed by atoms with Gasteiger partial charge in [-0.2, -0.15) is 0 Å². The highest BCUT2D eigenvalue weighted by Crippen LogP contribution is 2.27. The van der Waals surface area contributed by atoms with Crippen LogP contribution in [0.15, 0.2) is 18.2 Å². The Morgan fingerprint density at radius 1 is 1.36 bits per heavy atom. The van der Waals surface area contributed by atoms with Crippen molar-refractivity contribution in [3.8, 4) is 5.75 Å². The Hall–Kier alpha value is -1.38. The molecule has 0 bridgehead atoms. The van der Waals surface area contributed by atoms with Gasteiger partial charge in [0.1, 0.15) is 5.75 Å². The van der Waals surface area contributed by atoms with Gasteiger partial charge in [-0.3, -0.25) is 0 Å². The number of rotatable bonds is 3. The molecule has 0 amide bonds. The van der Waals surface area contributed by atoms with E-state index in [0.717, 1.165) is 11.4 Å². The van der Waals surface area contributed by atoms with E-state index in [1.807, 2.05) is 18.2 Å². The molecule has 0 aliphatic carbocycles. The van der Waals surface area contributed by atoms with Gasteiger partial charge in [0.25, 0.3) is 0 Å². The second kappa shape index (κ2) is 4.22. The molecule has 0 aromatic heterocycles. The lowest BCUT2D eigenvalue weighted by Gasteiger charge is -2.24. The molecule has 1 aromatic rings. The first-order valence-corrected chi connectivity index (χ1v) is 4.72. The Bertz CT molecular complexity index is 310. The Balaban J connectivity index is 3.00. The highest BCUT2D eigenvalue weighted by molar-refractivity contribution is 5.62. The fraction of sp³-hybridized carbons (Fsp3) is 0.455. The van der Waals surface area contributed by atoms with E-state index >= 15 is 0 Å². The molecular formula is C11H18N2O. The van der Waals surface area contributed by atoms with E-state index in [0.29, 0.717) is 11.7 Å². The average Bonchev–Trinajstić information content (AvgIpc) is 2.17. The third-order valence-corrected chi connectivity index (χ3v) is 2.40. The maximum absolute atomic E-state index is 5.73. The number of nitrogens with two attached hydrogens (primary N) is 1. The zero-order valence-electron chi connectivity index (χ0n) is 9.24. The van der Waals surface area contributed by atoms with Crippen LogP contribution in [-0.2, 0) is 0 Å². The van der Waals surface area contributed by atoms with Gasteiger partial charge in [-0.05, 0) is 26.0 Å². The standard InChI is InChI=1S/C11H18N2O/c1-8(2)13(3)9-5-6-10(12)11(7-9)14-4/h5-8H,12H2,1-4H3. The fourth-order valence-corrected chi connectivity index (χ4v) is 1.22. The summed E-state index contributed by atoms with van der Waals surface area (Å²) in [6, 6.07) is 6.28. The van der Waals surface area contributed by atoms with Crippen molar-refractivity contribution in [3.63, 3.8) is 0 Å². The van der Waals surface area contributed by atoms with Crippen molar-refractivity contribution in [2.75, 3.05) is 24.8 Å². The van der Waals surface area contributed by atoms with Gasteiger partial charge in [0.15, 0.2) is 0 Å². The molecule has 0 unspecified atom stereocenters. The second-order valence-electron chi connectivity index (χ2n) is 3.63. The summed E-state index contributed by atoms with van der Waals surface area (Å²) in [6.45, 7) is 4.28. The van der Waals surface area contributed by atoms with Crippen molar-refractivity contribution in [1.29, 1.82) is 0 Å². The molecule has 14 heavy (non-hydrogen) atoms. The summed E-state index contributed by atoms with van der Waals surface area (Å²) in [4.78, 5) is 2.17. The predicted octanol–water partition coefficient (Wildman–Crippen LogP) is 2.12. The molecule has 0 aliphatic rings. The molecule has 0 radical (unpaired) electrons. The molecule has 0 saturated heterocycles. The maximum atomic E-state index is 5.73. The molecule has 1 aromatic carbocycles. The van der Waals surface area contributed by atoms with Crippen molar-refractivity contribution < 1.29 is 4.74 Å². The van der Waals surface area contributed by atoms with Gasteiger partial charge in [-0.1, -0.05) is 0 Å². The molecule has 3 heteroatoms. The number of nitrogen functional groups attached to an aromatic ring is 1. The van der Waals surface area contributed by atoms with Crippen LogP contribution in [0.5, 0.6) is 5.75 Å². The lowest BCUT2D eigenvalue weighted by atomic mass is 10.2. The van der Waals surface area contributed by atoms with E-state index in [-0.39, 0.29) is 0 Å². The van der Waals surface area contributed by atoms with E-state index in [4.69, 9.17) is 10.5 Å². The SMILES string of the molecule is COc1cc(N(C)C(C)C)ccc1N. The third kappa shape index (κ3) is 2.10. The quantitative estimate of drug-likeness (QED) is 0.749. The van der Waals surface area contributed by atoms with Gasteiger partial charge in [0, 0.05) is 24.8 Å². The first-order valence-electron chi connectivity index (χ1n) is 4.72. The van der Waals surface area contributed by atoms with Crippen molar-refractivity contribution in [2.45, 2.75) is 19.9 Å². The number of methoxy groups -OCH3 is 1. The van der Waals surface area contributed by atoms with Crippen LogP contribution >= 0.6 is 0 Å². The largest absolute Gasteiger partial charge is 0.495 e. The average molecular weight is 194 g/mol. The zero-order valence-corrected chi connectivity index (χ0v) is 9.24. The maximum Gasteiger partial charge on any atom is 0.143 e. The topological polar surface area (TPSA) is 38.5 Å². The van der Waals surface area contributed by atoms with E-state index in [1.165, 1.54) is 0 Å². The van der Waals surface area contributed by atoms with Crippen molar-refractivity contribution in [3.05, 3.63) is 18.2 Å². The molecule has 0 heterocycles. The van der Waals surface area contributed by atoms with Gasteiger partial charge in [-0.15, -0.1) is 0 Å². The van der Waals surface area contributed by atoms with Crippen LogP contribution in [0.1, 0.15) is 13.8 Å². The Morgan fingerprint density at radius 2 is 2.00 bits per heavy atom. The summed E-state index contributed by atoms with van der Waals surface area (Å²) in [7, 11) is 3.68. The first kappa shape index (κ1) is 10.7. The van der Waals surface area contributed by atoms with Crippen LogP contribution in [0.25, 0.3) is 0 Å². The van der Waals surface area contributed by atoms with Crippen LogP contribution in [0, 0.1) is 0 Å². The van der Waals surface area contributed by atoms with Crippen LogP contribution in [-0.4, -0.2) is 20.2 Å². The molecule has 78 valence electrons. The number of benzene rings is 1. The smallest absolute Gasteiger partial charge is 0.143 e. The normalized spacial score (nSPS) is 10.4. The van der Waals surface area contributed by atoms with Gasteiger partial charge in [0.2, 0.25) is 0 Å². The molecule has 0 aliphatic heterocycles. The minimum absolute atomic E-state index is 0.461. The lowest BCUT2D eigenvalue weighted by Crippen LogP contribution is -2.25. The van der Waals surface area contributed by atoms with Gasteiger partial charge < -0.3 is 15.4 Å². The molecule has 0 atom stereocenters. The number of hydrogen-bond donors (Lipinski definition) is 1. The molecule has 0 fully saturated rings. The van der Waals surface area contributed by atoms with E-state index in [2.05, 4.69) is 25.8 Å². The van der Waals surface area contributed by atoms with Crippen molar-refractivity contribution >= 4 is 11.4 Å². The Labute approximate surface area is 85.5 Å². The third-order valence-electron chi connectivity index (χ3n) is 2.40.